The smallest absolute Gasteiger partial charge is 0.188 e. The molecule has 2 aromatic rings. The Labute approximate surface area is 143 Å². The van der Waals surface area contributed by atoms with Crippen molar-refractivity contribution in [3.63, 3.8) is 0 Å². The molecule has 0 aliphatic rings. The molecule has 1 aromatic heterocycles. The molecule has 4 nitrogen and oxygen atoms in total. The van der Waals surface area contributed by atoms with Crippen LogP contribution in [0.25, 0.3) is 10.9 Å². The topological polar surface area (TPSA) is 63.3 Å². The Hall–Kier alpha value is -1.37. The summed E-state index contributed by atoms with van der Waals surface area (Å²) in [6.07, 6.45) is 2.91. The largest absolute Gasteiger partial charge is 0.370 e. The van der Waals surface area contributed by atoms with E-state index in [0.29, 0.717) is 18.4 Å². The van der Waals surface area contributed by atoms with Gasteiger partial charge in [-0.25, -0.2) is 4.99 Å². The summed E-state index contributed by atoms with van der Waals surface area (Å²) < 4.78 is 0. The molecule has 0 amide bonds. The van der Waals surface area contributed by atoms with E-state index in [1.165, 1.54) is 0 Å². The molecule has 1 aromatic carbocycles. The average Bonchev–Trinajstić information content (AvgIpc) is 2.44. The number of nitrogens with two attached hydrogens (primary N) is 1. The third-order valence-corrected chi connectivity index (χ3v) is 3.19. The molecule has 0 atom stereocenters. The lowest BCUT2D eigenvalue weighted by Crippen LogP contribution is -2.32. The Bertz CT molecular complexity index is 590. The normalized spacial score (nSPS) is 11.5. The van der Waals surface area contributed by atoms with E-state index in [9.17, 15) is 0 Å². The van der Waals surface area contributed by atoms with Crippen molar-refractivity contribution in [2.45, 2.75) is 26.8 Å². The molecule has 114 valence electrons. The Kier molecular flexibility index (Phi) is 7.42. The molecule has 0 saturated carbocycles. The Morgan fingerprint density at radius 1 is 1.29 bits per heavy atom. The minimum atomic E-state index is 0. The number of halogens is 1. The van der Waals surface area contributed by atoms with E-state index in [2.05, 4.69) is 35.2 Å². The van der Waals surface area contributed by atoms with E-state index in [-0.39, 0.29) is 24.0 Å². The zero-order valence-corrected chi connectivity index (χ0v) is 14.9. The lowest BCUT2D eigenvalue weighted by Gasteiger charge is -2.08. The first-order chi connectivity index (χ1) is 9.66. The predicted molar refractivity (Wildman–Crippen MR) is 99.9 cm³/mol. The van der Waals surface area contributed by atoms with Crippen LogP contribution >= 0.6 is 24.0 Å². The van der Waals surface area contributed by atoms with Crippen LogP contribution in [0.2, 0.25) is 0 Å². The molecule has 1 heterocycles. The number of fused-ring (bicyclic) bond motifs is 1. The fourth-order valence-electron chi connectivity index (χ4n) is 2.01. The third kappa shape index (κ3) is 5.49. The summed E-state index contributed by atoms with van der Waals surface area (Å²) in [5.41, 5.74) is 8.01. The second kappa shape index (κ2) is 8.81. The SMILES string of the molecule is CC(C)CCNC(N)=NCc1ccnc2ccccc12.I. The number of aliphatic imine (C=N–C) groups is 1. The molecule has 3 N–H and O–H groups in total. The highest BCUT2D eigenvalue weighted by Gasteiger charge is 2.01. The maximum absolute atomic E-state index is 5.88. The van der Waals surface area contributed by atoms with Crippen LogP contribution in [-0.2, 0) is 6.54 Å². The number of benzene rings is 1. The molecular weight excluding hydrogens is 375 g/mol. The molecular formula is C16H23IN4. The number of hydrogen-bond acceptors (Lipinski definition) is 2. The highest BCUT2D eigenvalue weighted by molar-refractivity contribution is 14.0. The molecule has 0 bridgehead atoms. The van der Waals surface area contributed by atoms with Gasteiger partial charge in [0.05, 0.1) is 12.1 Å². The maximum atomic E-state index is 5.88. The summed E-state index contributed by atoms with van der Waals surface area (Å²) in [7, 11) is 0. The number of nitrogens with zero attached hydrogens (tertiary/aromatic N) is 2. The summed E-state index contributed by atoms with van der Waals surface area (Å²) in [4.78, 5) is 8.74. The zero-order valence-electron chi connectivity index (χ0n) is 12.5. The minimum absolute atomic E-state index is 0. The van der Waals surface area contributed by atoms with Crippen molar-refractivity contribution in [2.24, 2.45) is 16.6 Å². The van der Waals surface area contributed by atoms with E-state index < -0.39 is 0 Å². The van der Waals surface area contributed by atoms with Gasteiger partial charge >= 0.3 is 0 Å². The van der Waals surface area contributed by atoms with Gasteiger partial charge in [0, 0.05) is 18.1 Å². The first-order valence-electron chi connectivity index (χ1n) is 7.03. The molecule has 0 saturated heterocycles. The number of rotatable bonds is 5. The second-order valence-corrected chi connectivity index (χ2v) is 5.30. The number of nitrogens with one attached hydrogen (secondary N) is 1. The van der Waals surface area contributed by atoms with Crippen molar-refractivity contribution in [3.05, 3.63) is 42.1 Å². The standard InChI is InChI=1S/C16H22N4.HI/c1-12(2)7-9-19-16(17)20-11-13-8-10-18-15-6-4-3-5-14(13)15;/h3-6,8,10,12H,7,9,11H2,1-2H3,(H3,17,19,20);1H. The summed E-state index contributed by atoms with van der Waals surface area (Å²) in [5.74, 6) is 1.17. The van der Waals surface area contributed by atoms with Crippen molar-refractivity contribution in [1.29, 1.82) is 0 Å². The van der Waals surface area contributed by atoms with E-state index >= 15 is 0 Å². The van der Waals surface area contributed by atoms with Crippen LogP contribution in [0.1, 0.15) is 25.8 Å². The van der Waals surface area contributed by atoms with Crippen LogP contribution in [0.4, 0.5) is 0 Å². The van der Waals surface area contributed by atoms with E-state index in [1.54, 1.807) is 0 Å². The van der Waals surface area contributed by atoms with E-state index in [4.69, 9.17) is 5.73 Å². The van der Waals surface area contributed by atoms with Gasteiger partial charge in [-0.05, 0) is 30.0 Å². The van der Waals surface area contributed by atoms with Gasteiger partial charge in [0.1, 0.15) is 0 Å². The minimum Gasteiger partial charge on any atom is -0.370 e. The molecule has 21 heavy (non-hydrogen) atoms. The number of hydrogen-bond donors (Lipinski definition) is 2. The van der Waals surface area contributed by atoms with Crippen molar-refractivity contribution in [1.82, 2.24) is 10.3 Å². The van der Waals surface area contributed by atoms with E-state index in [0.717, 1.165) is 29.4 Å². The van der Waals surface area contributed by atoms with Crippen LogP contribution in [0.15, 0.2) is 41.5 Å². The van der Waals surface area contributed by atoms with Gasteiger partial charge in [-0.3, -0.25) is 4.98 Å². The number of para-hydroxylation sites is 1. The Morgan fingerprint density at radius 3 is 2.81 bits per heavy atom. The van der Waals surface area contributed by atoms with Crippen LogP contribution in [0.3, 0.4) is 0 Å². The molecule has 0 radical (unpaired) electrons. The van der Waals surface area contributed by atoms with Crippen LogP contribution in [0.5, 0.6) is 0 Å². The van der Waals surface area contributed by atoms with Gasteiger partial charge < -0.3 is 11.1 Å². The number of guanidine groups is 1. The first-order valence-corrected chi connectivity index (χ1v) is 7.03. The predicted octanol–water partition coefficient (Wildman–Crippen LogP) is 3.30. The van der Waals surface area contributed by atoms with Gasteiger partial charge in [-0.15, -0.1) is 24.0 Å². The molecule has 5 heteroatoms. The molecule has 0 fully saturated rings. The lowest BCUT2D eigenvalue weighted by atomic mass is 10.1. The summed E-state index contributed by atoms with van der Waals surface area (Å²) >= 11 is 0. The highest BCUT2D eigenvalue weighted by Crippen LogP contribution is 2.16. The van der Waals surface area contributed by atoms with Crippen LogP contribution in [0, 0.1) is 5.92 Å². The van der Waals surface area contributed by atoms with Gasteiger partial charge in [0.2, 0.25) is 0 Å². The van der Waals surface area contributed by atoms with Gasteiger partial charge in [-0.2, -0.15) is 0 Å². The lowest BCUT2D eigenvalue weighted by molar-refractivity contribution is 0.576. The molecule has 0 unspecified atom stereocenters. The third-order valence-electron chi connectivity index (χ3n) is 3.19. The number of pyridine rings is 1. The fraction of sp³-hybridized carbons (Fsp3) is 0.375. The Morgan fingerprint density at radius 2 is 2.05 bits per heavy atom. The second-order valence-electron chi connectivity index (χ2n) is 5.30. The van der Waals surface area contributed by atoms with Crippen molar-refractivity contribution < 1.29 is 0 Å². The quantitative estimate of drug-likeness (QED) is 0.462. The average molecular weight is 398 g/mol. The molecule has 0 aliphatic heterocycles. The number of aromatic nitrogens is 1. The van der Waals surface area contributed by atoms with Crippen molar-refractivity contribution >= 4 is 40.8 Å². The van der Waals surface area contributed by atoms with E-state index in [1.807, 2.05) is 30.5 Å². The zero-order chi connectivity index (χ0) is 14.4. The summed E-state index contributed by atoms with van der Waals surface area (Å²) in [6.45, 7) is 5.82. The van der Waals surface area contributed by atoms with Gasteiger partial charge in [0.15, 0.2) is 5.96 Å². The maximum Gasteiger partial charge on any atom is 0.188 e. The summed E-state index contributed by atoms with van der Waals surface area (Å²) in [5, 5.41) is 4.28. The van der Waals surface area contributed by atoms with Crippen molar-refractivity contribution in [2.75, 3.05) is 6.54 Å². The highest BCUT2D eigenvalue weighted by atomic mass is 127. The Balaban J connectivity index is 0.00000220. The molecule has 2 rings (SSSR count). The monoisotopic (exact) mass is 398 g/mol. The summed E-state index contributed by atoms with van der Waals surface area (Å²) in [6, 6.07) is 10.1. The first kappa shape index (κ1) is 17.7. The molecule has 0 aliphatic carbocycles. The van der Waals surface area contributed by atoms with Gasteiger partial charge in [-0.1, -0.05) is 32.0 Å². The van der Waals surface area contributed by atoms with Gasteiger partial charge in [0.25, 0.3) is 0 Å². The molecule has 0 spiro atoms. The van der Waals surface area contributed by atoms with Crippen LogP contribution < -0.4 is 11.1 Å². The fourth-order valence-corrected chi connectivity index (χ4v) is 2.01. The van der Waals surface area contributed by atoms with Crippen molar-refractivity contribution in [3.8, 4) is 0 Å². The van der Waals surface area contributed by atoms with Crippen LogP contribution in [-0.4, -0.2) is 17.5 Å².